The zero-order chi connectivity index (χ0) is 12.1. The molecule has 0 aliphatic carbocycles. The highest BCUT2D eigenvalue weighted by atomic mass is 79.9. The number of esters is 1. The van der Waals surface area contributed by atoms with Crippen molar-refractivity contribution in [2.24, 2.45) is 0 Å². The molecule has 15 heavy (non-hydrogen) atoms. The Morgan fingerprint density at radius 1 is 1.47 bits per heavy atom. The summed E-state index contributed by atoms with van der Waals surface area (Å²) in [4.78, 5) is 22.5. The van der Waals surface area contributed by atoms with Crippen molar-refractivity contribution >= 4 is 27.9 Å². The van der Waals surface area contributed by atoms with Crippen molar-refractivity contribution in [2.75, 3.05) is 0 Å². The molecule has 88 valence electrons. The first-order chi connectivity index (χ1) is 6.88. The average molecular weight is 281 g/mol. The number of carbonyl (C=O) groups is 2. The minimum Gasteiger partial charge on any atom is -0.480 e. The van der Waals surface area contributed by atoms with Gasteiger partial charge in [0.1, 0.15) is 0 Å². The normalized spacial score (nSPS) is 16.5. The molecule has 0 fully saturated rings. The second-order valence-corrected chi connectivity index (χ2v) is 4.82. The Hall–Kier alpha value is -0.580. The molecule has 0 saturated carbocycles. The standard InChI is InChI=1S/C10H17BrO4/c1-4-6-7(3)15-9(14)10(11,5-2)8(12)13/h7H,4-6H2,1-3H3,(H,12,13). The molecule has 5 heteroatoms. The van der Waals surface area contributed by atoms with Gasteiger partial charge in [-0.2, -0.15) is 0 Å². The second-order valence-electron chi connectivity index (χ2n) is 3.46. The van der Waals surface area contributed by atoms with Gasteiger partial charge in [0, 0.05) is 0 Å². The van der Waals surface area contributed by atoms with Crippen LogP contribution in [0.15, 0.2) is 0 Å². The van der Waals surface area contributed by atoms with Gasteiger partial charge in [-0.15, -0.1) is 0 Å². The van der Waals surface area contributed by atoms with E-state index in [1.165, 1.54) is 0 Å². The second kappa shape index (κ2) is 6.10. The lowest BCUT2D eigenvalue weighted by Gasteiger charge is -2.21. The van der Waals surface area contributed by atoms with Crippen molar-refractivity contribution in [1.82, 2.24) is 0 Å². The molecule has 2 atom stereocenters. The molecule has 2 unspecified atom stereocenters. The summed E-state index contributed by atoms with van der Waals surface area (Å²) in [5.74, 6) is -1.93. The number of hydrogen-bond donors (Lipinski definition) is 1. The van der Waals surface area contributed by atoms with Crippen LogP contribution >= 0.6 is 15.9 Å². The van der Waals surface area contributed by atoms with E-state index in [0.717, 1.165) is 12.8 Å². The Balaban J connectivity index is 4.47. The molecule has 0 rings (SSSR count). The first kappa shape index (κ1) is 14.4. The lowest BCUT2D eigenvalue weighted by Crippen LogP contribution is -2.42. The summed E-state index contributed by atoms with van der Waals surface area (Å²) >= 11 is 2.92. The Morgan fingerprint density at radius 2 is 2.00 bits per heavy atom. The summed E-state index contributed by atoms with van der Waals surface area (Å²) in [5.41, 5.74) is 0. The number of carbonyl (C=O) groups excluding carboxylic acids is 1. The van der Waals surface area contributed by atoms with E-state index in [4.69, 9.17) is 9.84 Å². The minimum absolute atomic E-state index is 0.153. The number of aliphatic carboxylic acids is 1. The molecule has 0 radical (unpaired) electrons. The fourth-order valence-electron chi connectivity index (χ4n) is 1.12. The summed E-state index contributed by atoms with van der Waals surface area (Å²) in [7, 11) is 0. The van der Waals surface area contributed by atoms with Crippen LogP contribution in [0.4, 0.5) is 0 Å². The lowest BCUT2D eigenvalue weighted by atomic mass is 10.1. The first-order valence-electron chi connectivity index (χ1n) is 5.01. The van der Waals surface area contributed by atoms with Gasteiger partial charge in [0.2, 0.25) is 4.32 Å². The highest BCUT2D eigenvalue weighted by Gasteiger charge is 2.44. The maximum absolute atomic E-state index is 11.6. The van der Waals surface area contributed by atoms with Gasteiger partial charge < -0.3 is 9.84 Å². The summed E-state index contributed by atoms with van der Waals surface area (Å²) < 4.78 is 3.44. The SMILES string of the molecule is CCCC(C)OC(=O)C(Br)(CC)C(=O)O. The molecular formula is C10H17BrO4. The average Bonchev–Trinajstić information content (AvgIpc) is 2.16. The number of hydrogen-bond acceptors (Lipinski definition) is 3. The Bertz CT molecular complexity index is 242. The number of carboxylic acids is 1. The molecule has 0 heterocycles. The number of alkyl halides is 1. The lowest BCUT2D eigenvalue weighted by molar-refractivity contribution is -0.159. The third-order valence-corrected chi connectivity index (χ3v) is 3.38. The van der Waals surface area contributed by atoms with Gasteiger partial charge in [-0.1, -0.05) is 36.2 Å². The van der Waals surface area contributed by atoms with Crippen LogP contribution in [0, 0.1) is 0 Å². The predicted octanol–water partition coefficient (Wildman–Crippen LogP) is 2.35. The van der Waals surface area contributed by atoms with Gasteiger partial charge >= 0.3 is 11.9 Å². The third-order valence-electron chi connectivity index (χ3n) is 2.15. The molecule has 0 amide bonds. The number of ether oxygens (including phenoxy) is 1. The van der Waals surface area contributed by atoms with Gasteiger partial charge in [-0.05, 0) is 19.8 Å². The predicted molar refractivity (Wildman–Crippen MR) is 60.0 cm³/mol. The van der Waals surface area contributed by atoms with E-state index in [9.17, 15) is 9.59 Å². The number of rotatable bonds is 6. The van der Waals surface area contributed by atoms with Gasteiger partial charge in [0.25, 0.3) is 0 Å². The highest BCUT2D eigenvalue weighted by Crippen LogP contribution is 2.25. The Labute approximate surface area is 98.1 Å². The van der Waals surface area contributed by atoms with Crippen molar-refractivity contribution in [1.29, 1.82) is 0 Å². The molecule has 0 aromatic heterocycles. The summed E-state index contributed by atoms with van der Waals surface area (Å²) in [6.07, 6.45) is 1.53. The van der Waals surface area contributed by atoms with E-state index in [-0.39, 0.29) is 12.5 Å². The number of halogens is 1. The van der Waals surface area contributed by atoms with Crippen LogP contribution in [0.1, 0.15) is 40.0 Å². The fourth-order valence-corrected chi connectivity index (χ4v) is 1.22. The van der Waals surface area contributed by atoms with Crippen molar-refractivity contribution in [2.45, 2.75) is 50.5 Å². The zero-order valence-corrected chi connectivity index (χ0v) is 10.8. The first-order valence-corrected chi connectivity index (χ1v) is 5.81. The quantitative estimate of drug-likeness (QED) is 0.461. The smallest absolute Gasteiger partial charge is 0.334 e. The molecule has 0 aromatic carbocycles. The van der Waals surface area contributed by atoms with Crippen molar-refractivity contribution in [3.63, 3.8) is 0 Å². The van der Waals surface area contributed by atoms with Crippen molar-refractivity contribution in [3.8, 4) is 0 Å². The van der Waals surface area contributed by atoms with Crippen LogP contribution in [0.3, 0.4) is 0 Å². The Kier molecular flexibility index (Phi) is 5.87. The highest BCUT2D eigenvalue weighted by molar-refractivity contribution is 9.10. The van der Waals surface area contributed by atoms with E-state index in [1.54, 1.807) is 13.8 Å². The van der Waals surface area contributed by atoms with Crippen LogP contribution in [0.5, 0.6) is 0 Å². The summed E-state index contributed by atoms with van der Waals surface area (Å²) in [6, 6.07) is 0. The monoisotopic (exact) mass is 280 g/mol. The van der Waals surface area contributed by atoms with Crippen LogP contribution in [0.2, 0.25) is 0 Å². The zero-order valence-electron chi connectivity index (χ0n) is 9.25. The van der Waals surface area contributed by atoms with E-state index in [1.807, 2.05) is 6.92 Å². The molecule has 0 aromatic rings. The molecule has 0 spiro atoms. The van der Waals surface area contributed by atoms with Gasteiger partial charge in [0.05, 0.1) is 6.10 Å². The molecule has 0 bridgehead atoms. The van der Waals surface area contributed by atoms with Gasteiger partial charge in [0.15, 0.2) is 0 Å². The summed E-state index contributed by atoms with van der Waals surface area (Å²) in [6.45, 7) is 5.35. The fraction of sp³-hybridized carbons (Fsp3) is 0.800. The maximum Gasteiger partial charge on any atom is 0.334 e. The van der Waals surface area contributed by atoms with Gasteiger partial charge in [-0.3, -0.25) is 4.79 Å². The Morgan fingerprint density at radius 3 is 2.33 bits per heavy atom. The summed E-state index contributed by atoms with van der Waals surface area (Å²) in [5, 5.41) is 8.90. The van der Waals surface area contributed by atoms with E-state index in [2.05, 4.69) is 15.9 Å². The van der Waals surface area contributed by atoms with Crippen LogP contribution in [-0.2, 0) is 14.3 Å². The third kappa shape index (κ3) is 3.81. The van der Waals surface area contributed by atoms with E-state index >= 15 is 0 Å². The van der Waals surface area contributed by atoms with Crippen molar-refractivity contribution in [3.05, 3.63) is 0 Å². The largest absolute Gasteiger partial charge is 0.480 e. The van der Waals surface area contributed by atoms with Gasteiger partial charge in [-0.25, -0.2) is 4.79 Å². The van der Waals surface area contributed by atoms with E-state index in [0.29, 0.717) is 0 Å². The van der Waals surface area contributed by atoms with Crippen LogP contribution < -0.4 is 0 Å². The molecule has 0 aliphatic rings. The molecule has 1 N–H and O–H groups in total. The molecule has 4 nitrogen and oxygen atoms in total. The van der Waals surface area contributed by atoms with Crippen LogP contribution in [0.25, 0.3) is 0 Å². The number of carboxylic acid groups (broad SMARTS) is 1. The molecular weight excluding hydrogens is 264 g/mol. The molecule has 0 saturated heterocycles. The topological polar surface area (TPSA) is 63.6 Å². The van der Waals surface area contributed by atoms with E-state index < -0.39 is 16.3 Å². The minimum atomic E-state index is -1.60. The molecule has 0 aliphatic heterocycles. The maximum atomic E-state index is 11.6. The van der Waals surface area contributed by atoms with Crippen molar-refractivity contribution < 1.29 is 19.4 Å². The van der Waals surface area contributed by atoms with Crippen LogP contribution in [-0.4, -0.2) is 27.5 Å².